The number of anilines is 1. The van der Waals surface area contributed by atoms with Gasteiger partial charge in [-0.15, -0.1) is 0 Å². The van der Waals surface area contributed by atoms with Crippen LogP contribution in [-0.4, -0.2) is 16.7 Å². The second kappa shape index (κ2) is 7.53. The maximum atomic E-state index is 12.2. The molecule has 1 aliphatic carbocycles. The Kier molecular flexibility index (Phi) is 5.18. The highest BCUT2D eigenvalue weighted by atomic mass is 35.5. The van der Waals surface area contributed by atoms with Crippen LogP contribution < -0.4 is 10.6 Å². The van der Waals surface area contributed by atoms with Crippen LogP contribution in [0.25, 0.3) is 0 Å². The molecule has 8 heteroatoms. The molecule has 0 atom stereocenters. The minimum Gasteiger partial charge on any atom is -0.348 e. The molecule has 1 fully saturated rings. The van der Waals surface area contributed by atoms with Crippen LogP contribution in [0.2, 0.25) is 5.02 Å². The molecule has 1 saturated carbocycles. The van der Waals surface area contributed by atoms with Gasteiger partial charge in [0.15, 0.2) is 0 Å². The molecular weight excluding hydrogens is 358 g/mol. The van der Waals surface area contributed by atoms with Crippen molar-refractivity contribution in [2.75, 3.05) is 5.32 Å². The van der Waals surface area contributed by atoms with E-state index in [1.807, 2.05) is 0 Å². The van der Waals surface area contributed by atoms with Crippen LogP contribution in [0, 0.1) is 16.0 Å². The molecule has 1 aliphatic rings. The zero-order valence-electron chi connectivity index (χ0n) is 13.7. The molecule has 0 aliphatic heterocycles. The van der Waals surface area contributed by atoms with Crippen LogP contribution in [-0.2, 0) is 11.3 Å². The Morgan fingerprint density at radius 1 is 1.15 bits per heavy atom. The van der Waals surface area contributed by atoms with Crippen LogP contribution in [0.5, 0.6) is 0 Å². The third-order valence-corrected chi connectivity index (χ3v) is 4.34. The van der Waals surface area contributed by atoms with Crippen molar-refractivity contribution in [2.45, 2.75) is 19.4 Å². The molecule has 26 heavy (non-hydrogen) atoms. The van der Waals surface area contributed by atoms with Crippen molar-refractivity contribution in [1.82, 2.24) is 5.32 Å². The summed E-state index contributed by atoms with van der Waals surface area (Å²) in [6.07, 6.45) is 1.89. The predicted molar refractivity (Wildman–Crippen MR) is 97.1 cm³/mol. The highest BCUT2D eigenvalue weighted by Crippen LogP contribution is 2.30. The third-order valence-electron chi connectivity index (χ3n) is 4.03. The molecule has 0 unspecified atom stereocenters. The van der Waals surface area contributed by atoms with Gasteiger partial charge in [0, 0.05) is 30.3 Å². The van der Waals surface area contributed by atoms with Crippen molar-refractivity contribution < 1.29 is 14.5 Å². The van der Waals surface area contributed by atoms with Gasteiger partial charge in [0.25, 0.3) is 11.6 Å². The number of non-ortho nitro benzene ring substituents is 1. The first-order chi connectivity index (χ1) is 12.4. The molecule has 2 aromatic carbocycles. The maximum Gasteiger partial charge on any atom is 0.270 e. The number of benzene rings is 2. The summed E-state index contributed by atoms with van der Waals surface area (Å²) in [6, 6.07) is 10.9. The van der Waals surface area contributed by atoms with E-state index in [9.17, 15) is 19.7 Å². The zero-order chi connectivity index (χ0) is 18.7. The lowest BCUT2D eigenvalue weighted by molar-refractivity contribution is -0.384. The highest BCUT2D eigenvalue weighted by Gasteiger charge is 2.29. The number of carbonyl (C=O) groups is 2. The van der Waals surface area contributed by atoms with Gasteiger partial charge in [-0.1, -0.05) is 23.7 Å². The quantitative estimate of drug-likeness (QED) is 0.597. The van der Waals surface area contributed by atoms with Gasteiger partial charge in [-0.2, -0.15) is 0 Å². The summed E-state index contributed by atoms with van der Waals surface area (Å²) < 4.78 is 0. The largest absolute Gasteiger partial charge is 0.348 e. The molecule has 0 saturated heterocycles. The molecule has 2 amide bonds. The van der Waals surface area contributed by atoms with Crippen LogP contribution in [0.1, 0.15) is 28.8 Å². The van der Waals surface area contributed by atoms with Gasteiger partial charge < -0.3 is 10.6 Å². The SMILES string of the molecule is O=C(NCc1ccc(NC(=O)C2CC2)cc1)c1ccc([N+](=O)[O-])cc1Cl. The number of nitrogens with one attached hydrogen (secondary N) is 2. The first-order valence-electron chi connectivity index (χ1n) is 8.06. The molecule has 2 aromatic rings. The second-order valence-corrected chi connectivity index (χ2v) is 6.47. The first kappa shape index (κ1) is 17.9. The Morgan fingerprint density at radius 2 is 1.85 bits per heavy atom. The van der Waals surface area contributed by atoms with E-state index in [2.05, 4.69) is 10.6 Å². The zero-order valence-corrected chi connectivity index (χ0v) is 14.5. The number of nitrogens with zero attached hydrogens (tertiary/aromatic N) is 1. The number of hydrogen-bond acceptors (Lipinski definition) is 4. The number of nitro benzene ring substituents is 1. The summed E-state index contributed by atoms with van der Waals surface area (Å²) in [5.74, 6) is -0.240. The van der Waals surface area contributed by atoms with Crippen molar-refractivity contribution in [3.05, 3.63) is 68.7 Å². The number of carbonyl (C=O) groups excluding carboxylic acids is 2. The van der Waals surface area contributed by atoms with E-state index in [-0.39, 0.29) is 34.6 Å². The predicted octanol–water partition coefficient (Wildman–Crippen LogP) is 3.53. The fraction of sp³-hybridized carbons (Fsp3) is 0.222. The van der Waals surface area contributed by atoms with Gasteiger partial charge in [-0.3, -0.25) is 19.7 Å². The molecule has 0 heterocycles. The molecule has 134 valence electrons. The Balaban J connectivity index is 1.57. The summed E-state index contributed by atoms with van der Waals surface area (Å²) >= 11 is 5.94. The van der Waals surface area contributed by atoms with Gasteiger partial charge in [-0.05, 0) is 36.6 Å². The lowest BCUT2D eigenvalue weighted by Crippen LogP contribution is -2.23. The molecular formula is C18H16ClN3O4. The van der Waals surface area contributed by atoms with Gasteiger partial charge in [-0.25, -0.2) is 0 Å². The topological polar surface area (TPSA) is 101 Å². The van der Waals surface area contributed by atoms with Crippen molar-refractivity contribution in [3.63, 3.8) is 0 Å². The Labute approximate surface area is 154 Å². The first-order valence-corrected chi connectivity index (χ1v) is 8.44. The van der Waals surface area contributed by atoms with Crippen molar-refractivity contribution in [3.8, 4) is 0 Å². The minimum atomic E-state index is -0.572. The fourth-order valence-electron chi connectivity index (χ4n) is 2.38. The number of rotatable bonds is 6. The van der Waals surface area contributed by atoms with Gasteiger partial charge >= 0.3 is 0 Å². The minimum absolute atomic E-state index is 0.0230. The summed E-state index contributed by atoms with van der Waals surface area (Å²) in [5, 5.41) is 16.3. The van der Waals surface area contributed by atoms with Gasteiger partial charge in [0.1, 0.15) is 0 Å². The van der Waals surface area contributed by atoms with E-state index in [0.29, 0.717) is 0 Å². The van der Waals surface area contributed by atoms with Crippen LogP contribution in [0.3, 0.4) is 0 Å². The molecule has 0 aromatic heterocycles. The van der Waals surface area contributed by atoms with E-state index in [1.165, 1.54) is 12.1 Å². The Hall–Kier alpha value is -2.93. The number of halogens is 1. The third kappa shape index (κ3) is 4.37. The molecule has 0 spiro atoms. The summed E-state index contributed by atoms with van der Waals surface area (Å²) in [4.78, 5) is 34.0. The second-order valence-electron chi connectivity index (χ2n) is 6.06. The van der Waals surface area contributed by atoms with Crippen molar-refractivity contribution in [2.24, 2.45) is 5.92 Å². The van der Waals surface area contributed by atoms with Crippen LogP contribution >= 0.6 is 11.6 Å². The number of nitro groups is 1. The molecule has 0 bridgehead atoms. The molecule has 7 nitrogen and oxygen atoms in total. The van der Waals surface area contributed by atoms with E-state index in [4.69, 9.17) is 11.6 Å². The average Bonchev–Trinajstić information content (AvgIpc) is 3.46. The standard InChI is InChI=1S/C18H16ClN3O4/c19-16-9-14(22(25)26)7-8-15(16)18(24)20-10-11-1-5-13(6-2-11)21-17(23)12-3-4-12/h1-2,5-9,12H,3-4,10H2,(H,20,24)(H,21,23). The van der Waals surface area contributed by atoms with E-state index < -0.39 is 10.8 Å². The summed E-state index contributed by atoms with van der Waals surface area (Å²) in [7, 11) is 0. The average molecular weight is 374 g/mol. The lowest BCUT2D eigenvalue weighted by Gasteiger charge is -2.08. The van der Waals surface area contributed by atoms with E-state index >= 15 is 0 Å². The molecule has 2 N–H and O–H groups in total. The fourth-order valence-corrected chi connectivity index (χ4v) is 2.64. The molecule has 0 radical (unpaired) electrons. The van der Waals surface area contributed by atoms with Crippen LogP contribution in [0.4, 0.5) is 11.4 Å². The van der Waals surface area contributed by atoms with E-state index in [0.717, 1.165) is 30.2 Å². The normalized spacial score (nSPS) is 13.1. The monoisotopic (exact) mass is 373 g/mol. The molecule has 3 rings (SSSR count). The van der Waals surface area contributed by atoms with Gasteiger partial charge in [0.2, 0.25) is 5.91 Å². The van der Waals surface area contributed by atoms with Gasteiger partial charge in [0.05, 0.1) is 15.5 Å². The van der Waals surface area contributed by atoms with Crippen molar-refractivity contribution >= 4 is 34.8 Å². The van der Waals surface area contributed by atoms with Crippen LogP contribution in [0.15, 0.2) is 42.5 Å². The smallest absolute Gasteiger partial charge is 0.270 e. The number of amides is 2. The maximum absolute atomic E-state index is 12.2. The number of hydrogen-bond donors (Lipinski definition) is 2. The summed E-state index contributed by atoms with van der Waals surface area (Å²) in [6.45, 7) is 0.267. The van der Waals surface area contributed by atoms with E-state index in [1.54, 1.807) is 24.3 Å². The Morgan fingerprint density at radius 3 is 2.42 bits per heavy atom. The van der Waals surface area contributed by atoms with Crippen molar-refractivity contribution in [1.29, 1.82) is 0 Å². The Bertz CT molecular complexity index is 863. The lowest BCUT2D eigenvalue weighted by atomic mass is 10.1. The summed E-state index contributed by atoms with van der Waals surface area (Å²) in [5.41, 5.74) is 1.57. The highest BCUT2D eigenvalue weighted by molar-refractivity contribution is 6.34.